The quantitative estimate of drug-likeness (QED) is 0.894. The van der Waals surface area contributed by atoms with Gasteiger partial charge in [-0.2, -0.15) is 0 Å². The predicted octanol–water partition coefficient (Wildman–Crippen LogP) is 3.44. The Bertz CT molecular complexity index is 768. The average Bonchev–Trinajstić information content (AvgIpc) is 2.83. The molecule has 1 aliphatic heterocycles. The fraction of sp³-hybridized carbons (Fsp3) is 0.368. The number of amides is 1. The molecule has 2 aliphatic rings. The molecule has 6 heteroatoms. The molecular formula is C19H21ClN2O3. The number of phenols is 1. The Labute approximate surface area is 152 Å². The van der Waals surface area contributed by atoms with Crippen LogP contribution in [0.3, 0.4) is 0 Å². The molecule has 1 aromatic carbocycles. The largest absolute Gasteiger partial charge is 0.508 e. The molecule has 25 heavy (non-hydrogen) atoms. The summed E-state index contributed by atoms with van der Waals surface area (Å²) in [6.07, 6.45) is 5.59. The summed E-state index contributed by atoms with van der Waals surface area (Å²) in [6.45, 7) is 4.89. The van der Waals surface area contributed by atoms with Gasteiger partial charge in [-0.1, -0.05) is 35.9 Å². The number of benzene rings is 1. The summed E-state index contributed by atoms with van der Waals surface area (Å²) in [7, 11) is 0. The SMILES string of the molecule is CC1(C)CON(CC2C=CC(=NCc3ccccc3O)C=C2Cl)C1=O. The monoisotopic (exact) mass is 360 g/mol. The summed E-state index contributed by atoms with van der Waals surface area (Å²) in [6, 6.07) is 7.11. The number of phenolic OH excluding ortho intramolecular Hbond substituents is 1. The Morgan fingerprint density at radius 2 is 2.16 bits per heavy atom. The Morgan fingerprint density at radius 1 is 1.40 bits per heavy atom. The van der Waals surface area contributed by atoms with E-state index in [1.54, 1.807) is 18.2 Å². The Kier molecular flexibility index (Phi) is 4.97. The zero-order chi connectivity index (χ0) is 18.0. The third-order valence-corrected chi connectivity index (χ3v) is 4.70. The van der Waals surface area contributed by atoms with Gasteiger partial charge < -0.3 is 5.11 Å². The van der Waals surface area contributed by atoms with Crippen LogP contribution in [0, 0.1) is 11.3 Å². The number of allylic oxidation sites excluding steroid dienone is 2. The van der Waals surface area contributed by atoms with Crippen molar-refractivity contribution in [2.75, 3.05) is 13.2 Å². The molecule has 3 rings (SSSR count). The van der Waals surface area contributed by atoms with Gasteiger partial charge in [0.15, 0.2) is 0 Å². The molecule has 1 aromatic rings. The number of aliphatic imine (C=N–C) groups is 1. The molecule has 1 atom stereocenters. The number of aromatic hydroxyl groups is 1. The van der Waals surface area contributed by atoms with Crippen LogP contribution in [0.2, 0.25) is 0 Å². The van der Waals surface area contributed by atoms with Crippen molar-refractivity contribution in [2.24, 2.45) is 16.3 Å². The number of hydrogen-bond acceptors (Lipinski definition) is 4. The van der Waals surface area contributed by atoms with Crippen molar-refractivity contribution in [3.05, 3.63) is 53.1 Å². The second-order valence-electron chi connectivity index (χ2n) is 6.89. The van der Waals surface area contributed by atoms with Gasteiger partial charge in [0.25, 0.3) is 5.91 Å². The number of hydroxylamine groups is 2. The molecule has 1 aliphatic carbocycles. The third-order valence-electron chi connectivity index (χ3n) is 4.31. The molecule has 0 bridgehead atoms. The van der Waals surface area contributed by atoms with Crippen LogP contribution in [-0.4, -0.2) is 34.9 Å². The van der Waals surface area contributed by atoms with Gasteiger partial charge in [-0.25, -0.2) is 5.06 Å². The zero-order valence-electron chi connectivity index (χ0n) is 14.3. The first-order chi connectivity index (χ1) is 11.9. The summed E-state index contributed by atoms with van der Waals surface area (Å²) in [4.78, 5) is 22.2. The van der Waals surface area contributed by atoms with Gasteiger partial charge in [0, 0.05) is 16.5 Å². The van der Waals surface area contributed by atoms with Crippen molar-refractivity contribution in [1.82, 2.24) is 5.06 Å². The van der Waals surface area contributed by atoms with E-state index in [2.05, 4.69) is 4.99 Å². The van der Waals surface area contributed by atoms with Gasteiger partial charge >= 0.3 is 0 Å². The highest BCUT2D eigenvalue weighted by Gasteiger charge is 2.41. The van der Waals surface area contributed by atoms with Gasteiger partial charge in [0.1, 0.15) is 5.75 Å². The average molecular weight is 361 g/mol. The van der Waals surface area contributed by atoms with E-state index in [1.807, 2.05) is 38.1 Å². The molecule has 0 radical (unpaired) electrons. The lowest BCUT2D eigenvalue weighted by Crippen LogP contribution is -2.34. The molecule has 1 heterocycles. The van der Waals surface area contributed by atoms with Gasteiger partial charge in [-0.15, -0.1) is 0 Å². The van der Waals surface area contributed by atoms with Gasteiger partial charge in [-0.05, 0) is 32.1 Å². The maximum Gasteiger partial charge on any atom is 0.254 e. The van der Waals surface area contributed by atoms with Crippen molar-refractivity contribution in [2.45, 2.75) is 20.4 Å². The lowest BCUT2D eigenvalue weighted by molar-refractivity contribution is -0.163. The maximum atomic E-state index is 12.2. The molecule has 0 spiro atoms. The predicted molar refractivity (Wildman–Crippen MR) is 97.3 cm³/mol. The third kappa shape index (κ3) is 3.94. The standard InChI is InChI=1S/C19H21ClN2O3/c1-19(2)12-25-22(18(19)24)11-14-7-8-15(9-16(14)20)21-10-13-5-3-4-6-17(13)23/h3-9,14,23H,10-12H2,1-2H3. The van der Waals surface area contributed by atoms with Gasteiger partial charge in [0.2, 0.25) is 0 Å². The molecule has 1 unspecified atom stereocenters. The van der Waals surface area contributed by atoms with E-state index < -0.39 is 5.41 Å². The number of rotatable bonds is 4. The summed E-state index contributed by atoms with van der Waals surface area (Å²) in [5.74, 6) is 0.0971. The second kappa shape index (κ2) is 7.02. The molecule has 5 nitrogen and oxygen atoms in total. The highest BCUT2D eigenvalue weighted by molar-refractivity contribution is 6.32. The van der Waals surface area contributed by atoms with Crippen molar-refractivity contribution in [3.63, 3.8) is 0 Å². The van der Waals surface area contributed by atoms with Crippen molar-refractivity contribution in [3.8, 4) is 5.75 Å². The lowest BCUT2D eigenvalue weighted by atomic mass is 9.94. The van der Waals surface area contributed by atoms with Crippen molar-refractivity contribution >= 4 is 23.2 Å². The maximum absolute atomic E-state index is 12.2. The van der Waals surface area contributed by atoms with E-state index in [1.165, 1.54) is 5.06 Å². The second-order valence-corrected chi connectivity index (χ2v) is 7.32. The van der Waals surface area contributed by atoms with E-state index in [-0.39, 0.29) is 17.6 Å². The molecule has 1 N–H and O–H groups in total. The first-order valence-corrected chi connectivity index (χ1v) is 8.56. The molecule has 132 valence electrons. The van der Waals surface area contributed by atoms with Crippen molar-refractivity contribution < 1.29 is 14.7 Å². The number of para-hydroxylation sites is 1. The zero-order valence-corrected chi connectivity index (χ0v) is 15.0. The highest BCUT2D eigenvalue weighted by Crippen LogP contribution is 2.30. The summed E-state index contributed by atoms with van der Waals surface area (Å²) in [5, 5.41) is 11.8. The first-order valence-electron chi connectivity index (χ1n) is 8.18. The number of halogens is 1. The minimum absolute atomic E-state index is 0.0237. The molecule has 0 saturated carbocycles. The minimum atomic E-state index is -0.487. The highest BCUT2D eigenvalue weighted by atomic mass is 35.5. The molecule has 1 fully saturated rings. The van der Waals surface area contributed by atoms with E-state index in [4.69, 9.17) is 16.4 Å². The molecule has 1 saturated heterocycles. The van der Waals surface area contributed by atoms with E-state index >= 15 is 0 Å². The topological polar surface area (TPSA) is 62.1 Å². The molecular weight excluding hydrogens is 340 g/mol. The number of carbonyl (C=O) groups excluding carboxylic acids is 1. The number of carbonyl (C=O) groups is 1. The van der Waals surface area contributed by atoms with Crippen molar-refractivity contribution in [1.29, 1.82) is 0 Å². The summed E-state index contributed by atoms with van der Waals surface area (Å²) in [5.41, 5.74) is 1.01. The van der Waals surface area contributed by atoms with Crippen LogP contribution < -0.4 is 0 Å². The number of nitrogens with zero attached hydrogens (tertiary/aromatic N) is 2. The number of hydrogen-bond donors (Lipinski definition) is 1. The smallest absolute Gasteiger partial charge is 0.254 e. The van der Waals surface area contributed by atoms with E-state index in [0.717, 1.165) is 11.3 Å². The lowest BCUT2D eigenvalue weighted by Gasteiger charge is -2.22. The first kappa shape index (κ1) is 17.7. The van der Waals surface area contributed by atoms with Crippen LogP contribution in [0.1, 0.15) is 19.4 Å². The fourth-order valence-electron chi connectivity index (χ4n) is 2.68. The van der Waals surface area contributed by atoms with Crippen LogP contribution in [0.15, 0.2) is 52.5 Å². The van der Waals surface area contributed by atoms with Crippen LogP contribution in [0.4, 0.5) is 0 Å². The Morgan fingerprint density at radius 3 is 2.80 bits per heavy atom. The fourth-order valence-corrected chi connectivity index (χ4v) is 2.94. The summed E-state index contributed by atoms with van der Waals surface area (Å²) >= 11 is 6.37. The summed E-state index contributed by atoms with van der Waals surface area (Å²) < 4.78 is 0. The molecule has 0 aromatic heterocycles. The van der Waals surface area contributed by atoms with Crippen LogP contribution >= 0.6 is 11.6 Å². The van der Waals surface area contributed by atoms with Crippen LogP contribution in [0.5, 0.6) is 5.75 Å². The van der Waals surface area contributed by atoms with Gasteiger partial charge in [-0.3, -0.25) is 14.6 Å². The van der Waals surface area contributed by atoms with Gasteiger partial charge in [0.05, 0.1) is 30.8 Å². The van der Waals surface area contributed by atoms with Crippen LogP contribution in [0.25, 0.3) is 0 Å². The Balaban J connectivity index is 1.64. The van der Waals surface area contributed by atoms with Crippen LogP contribution in [-0.2, 0) is 16.2 Å². The normalized spacial score (nSPS) is 24.0. The Hall–Kier alpha value is -2.11. The van der Waals surface area contributed by atoms with E-state index in [0.29, 0.717) is 24.7 Å². The minimum Gasteiger partial charge on any atom is -0.508 e. The molecule has 1 amide bonds. The van der Waals surface area contributed by atoms with E-state index in [9.17, 15) is 9.90 Å².